The Morgan fingerprint density at radius 1 is 1.03 bits per heavy atom. The number of aromatic nitrogens is 1. The number of methoxy groups -OCH3 is 1. The van der Waals surface area contributed by atoms with Crippen LogP contribution in [0.25, 0.3) is 16.9 Å². The predicted molar refractivity (Wildman–Crippen MR) is 161 cm³/mol. The first-order valence-corrected chi connectivity index (χ1v) is 13.5. The molecule has 1 heterocycles. The highest BCUT2D eigenvalue weighted by molar-refractivity contribution is 5.96. The molecule has 0 aliphatic heterocycles. The molecule has 0 spiro atoms. The maximum atomic E-state index is 12.8. The van der Waals surface area contributed by atoms with Gasteiger partial charge in [-0.3, -0.25) is 14.6 Å². The summed E-state index contributed by atoms with van der Waals surface area (Å²) < 4.78 is 7.35. The van der Waals surface area contributed by atoms with Gasteiger partial charge in [-0.05, 0) is 91.6 Å². The summed E-state index contributed by atoms with van der Waals surface area (Å²) in [7, 11) is 3.30. The molecule has 0 fully saturated rings. The van der Waals surface area contributed by atoms with E-state index in [0.29, 0.717) is 18.4 Å². The third-order valence-corrected chi connectivity index (χ3v) is 5.72. The van der Waals surface area contributed by atoms with E-state index in [1.165, 1.54) is 0 Å². The van der Waals surface area contributed by atoms with Crippen LogP contribution >= 0.6 is 0 Å². The molecule has 3 rings (SSSR count). The molecule has 0 saturated heterocycles. The number of ether oxygens (including phenoxy) is 1. The van der Waals surface area contributed by atoms with Crippen molar-refractivity contribution in [2.75, 3.05) is 14.2 Å². The number of hydrogen-bond acceptors (Lipinski definition) is 4. The molecule has 7 heteroatoms. The van der Waals surface area contributed by atoms with E-state index in [-0.39, 0.29) is 12.3 Å². The van der Waals surface area contributed by atoms with Crippen LogP contribution in [0.5, 0.6) is 5.75 Å². The van der Waals surface area contributed by atoms with Crippen molar-refractivity contribution in [1.29, 1.82) is 0 Å². The summed E-state index contributed by atoms with van der Waals surface area (Å²) >= 11 is 0. The topological polar surface area (TPSA) is 92.9 Å². The predicted octanol–water partition coefficient (Wildman–Crippen LogP) is 7.26. The molecule has 0 aliphatic rings. The van der Waals surface area contributed by atoms with Crippen molar-refractivity contribution in [2.24, 2.45) is 4.99 Å². The molecular formula is C32H43N3O4. The third kappa shape index (κ3) is 9.28. The molecule has 210 valence electrons. The molecule has 2 N–H and O–H groups in total. The normalized spacial score (nSPS) is 10.7. The molecule has 0 unspecified atom stereocenters. The van der Waals surface area contributed by atoms with Gasteiger partial charge in [-0.1, -0.05) is 34.6 Å². The van der Waals surface area contributed by atoms with Crippen LogP contribution < -0.4 is 10.1 Å². The lowest BCUT2D eigenvalue weighted by Crippen LogP contribution is -2.23. The van der Waals surface area contributed by atoms with Crippen molar-refractivity contribution in [2.45, 2.75) is 60.8 Å². The fourth-order valence-electron chi connectivity index (χ4n) is 3.86. The number of nitrogens with one attached hydrogen (secondary N) is 1. The van der Waals surface area contributed by atoms with Crippen LogP contribution in [0.15, 0.2) is 71.4 Å². The molecule has 39 heavy (non-hydrogen) atoms. The molecule has 0 atom stereocenters. The number of carboxylic acid groups (broad SMARTS) is 1. The van der Waals surface area contributed by atoms with E-state index in [9.17, 15) is 14.7 Å². The standard InChI is InChI=1S/C28H31N3O4.2C2H6/c1-5-22(16-17-29-3)30-28(34)21-8-13-25(19(2)18-21)31-23(10-15-27(32)33)9-14-26(31)20-6-11-24(35-4)12-7-20;2*1-2/h6-9,11-14,16-18H,5,10,15H2,1-4H3,(H,30,34)(H,32,33);2*1-2H3/b22-16+,29-17?;;. The van der Waals surface area contributed by atoms with Crippen LogP contribution in [0.3, 0.4) is 0 Å². The number of benzene rings is 2. The second-order valence-corrected chi connectivity index (χ2v) is 8.08. The van der Waals surface area contributed by atoms with E-state index < -0.39 is 5.97 Å². The zero-order chi connectivity index (χ0) is 29.4. The minimum absolute atomic E-state index is 0.0266. The first-order chi connectivity index (χ1) is 18.9. The largest absolute Gasteiger partial charge is 0.497 e. The molecular weight excluding hydrogens is 490 g/mol. The van der Waals surface area contributed by atoms with Gasteiger partial charge in [-0.2, -0.15) is 0 Å². The number of carbonyl (C=O) groups excluding carboxylic acids is 1. The smallest absolute Gasteiger partial charge is 0.303 e. The van der Waals surface area contributed by atoms with Gasteiger partial charge in [0.15, 0.2) is 0 Å². The van der Waals surface area contributed by atoms with Crippen LogP contribution in [0, 0.1) is 6.92 Å². The lowest BCUT2D eigenvalue weighted by Gasteiger charge is -2.17. The van der Waals surface area contributed by atoms with E-state index in [2.05, 4.69) is 14.9 Å². The van der Waals surface area contributed by atoms with Crippen molar-refractivity contribution >= 4 is 18.1 Å². The summed E-state index contributed by atoms with van der Waals surface area (Å²) in [6, 6.07) is 17.2. The number of aliphatic carboxylic acids is 1. The van der Waals surface area contributed by atoms with Gasteiger partial charge in [0.05, 0.1) is 19.2 Å². The summed E-state index contributed by atoms with van der Waals surface area (Å²) in [4.78, 5) is 28.0. The molecule has 7 nitrogen and oxygen atoms in total. The highest BCUT2D eigenvalue weighted by Gasteiger charge is 2.16. The maximum absolute atomic E-state index is 12.8. The highest BCUT2D eigenvalue weighted by atomic mass is 16.5. The first kappa shape index (κ1) is 32.9. The van der Waals surface area contributed by atoms with Crippen LogP contribution in [-0.2, 0) is 11.2 Å². The first-order valence-electron chi connectivity index (χ1n) is 13.5. The molecule has 1 amide bonds. The van der Waals surface area contributed by atoms with Gasteiger partial charge < -0.3 is 19.7 Å². The quantitative estimate of drug-likeness (QED) is 0.268. The molecule has 0 aliphatic carbocycles. The van der Waals surface area contributed by atoms with E-state index in [1.54, 1.807) is 32.5 Å². The number of amides is 1. The average molecular weight is 534 g/mol. The van der Waals surface area contributed by atoms with Crippen molar-refractivity contribution < 1.29 is 19.4 Å². The fourth-order valence-corrected chi connectivity index (χ4v) is 3.86. The Morgan fingerprint density at radius 3 is 2.23 bits per heavy atom. The number of nitrogens with zero attached hydrogens (tertiary/aromatic N) is 2. The van der Waals surface area contributed by atoms with Crippen LogP contribution in [-0.4, -0.2) is 41.9 Å². The van der Waals surface area contributed by atoms with Crippen LogP contribution in [0.1, 0.15) is 69.1 Å². The van der Waals surface area contributed by atoms with E-state index in [1.807, 2.05) is 90.1 Å². The summed E-state index contributed by atoms with van der Waals surface area (Å²) in [5.74, 6) is -0.276. The van der Waals surface area contributed by atoms with Crippen LogP contribution in [0.2, 0.25) is 0 Å². The number of carboxylic acids is 1. The van der Waals surface area contributed by atoms with Gasteiger partial charge >= 0.3 is 5.97 Å². The molecule has 0 bridgehead atoms. The number of hydrogen-bond donors (Lipinski definition) is 2. The molecule has 0 radical (unpaired) electrons. The number of aryl methyl sites for hydroxylation is 2. The summed E-state index contributed by atoms with van der Waals surface area (Å²) in [6.07, 6.45) is 4.53. The molecule has 1 aromatic heterocycles. The summed E-state index contributed by atoms with van der Waals surface area (Å²) in [5.41, 5.74) is 5.91. The fraction of sp³-hybridized carbons (Fsp3) is 0.344. The lowest BCUT2D eigenvalue weighted by molar-refractivity contribution is -0.136. The Labute approximate surface area is 233 Å². The Kier molecular flexibility index (Phi) is 14.7. The zero-order valence-electron chi connectivity index (χ0n) is 24.5. The SMILES string of the molecule is CC.CC.CC/C(=C\C=NC)NC(=O)c1ccc(-n2c(CCC(=O)O)ccc2-c2ccc(OC)cc2)c(C)c1. The zero-order valence-corrected chi connectivity index (χ0v) is 24.5. The minimum Gasteiger partial charge on any atom is -0.497 e. The number of rotatable bonds is 10. The lowest BCUT2D eigenvalue weighted by atomic mass is 10.1. The van der Waals surface area contributed by atoms with Gasteiger partial charge in [0.1, 0.15) is 5.75 Å². The van der Waals surface area contributed by atoms with Crippen molar-refractivity contribution in [3.05, 3.63) is 83.2 Å². The highest BCUT2D eigenvalue weighted by Crippen LogP contribution is 2.30. The number of aliphatic imine (C=N–C) groups is 1. The summed E-state index contributed by atoms with van der Waals surface area (Å²) in [5, 5.41) is 12.2. The Morgan fingerprint density at radius 2 is 1.69 bits per heavy atom. The Hall–Kier alpha value is -4.13. The minimum atomic E-state index is -0.847. The van der Waals surface area contributed by atoms with Crippen molar-refractivity contribution in [1.82, 2.24) is 9.88 Å². The van der Waals surface area contributed by atoms with Gasteiger partial charge in [-0.15, -0.1) is 0 Å². The second-order valence-electron chi connectivity index (χ2n) is 8.08. The van der Waals surface area contributed by atoms with E-state index in [0.717, 1.165) is 39.6 Å². The molecule has 0 saturated carbocycles. The molecule has 2 aromatic carbocycles. The second kappa shape index (κ2) is 17.4. The monoisotopic (exact) mass is 533 g/mol. The summed E-state index contributed by atoms with van der Waals surface area (Å²) in [6.45, 7) is 11.9. The number of allylic oxidation sites excluding steroid dienone is 2. The maximum Gasteiger partial charge on any atom is 0.303 e. The van der Waals surface area contributed by atoms with Gasteiger partial charge in [0.25, 0.3) is 5.91 Å². The van der Waals surface area contributed by atoms with E-state index in [4.69, 9.17) is 4.74 Å². The Balaban J connectivity index is 0.00000181. The average Bonchev–Trinajstić information content (AvgIpc) is 3.39. The van der Waals surface area contributed by atoms with Gasteiger partial charge in [-0.25, -0.2) is 0 Å². The van der Waals surface area contributed by atoms with E-state index >= 15 is 0 Å². The molecule has 3 aromatic rings. The number of carbonyl (C=O) groups is 2. The Bertz CT molecular complexity index is 1250. The van der Waals surface area contributed by atoms with Crippen molar-refractivity contribution in [3.8, 4) is 22.7 Å². The van der Waals surface area contributed by atoms with Crippen LogP contribution in [0.4, 0.5) is 0 Å². The van der Waals surface area contributed by atoms with Crippen molar-refractivity contribution in [3.63, 3.8) is 0 Å². The van der Waals surface area contributed by atoms with Gasteiger partial charge in [0, 0.05) is 35.9 Å². The van der Waals surface area contributed by atoms with Gasteiger partial charge in [0.2, 0.25) is 0 Å². The third-order valence-electron chi connectivity index (χ3n) is 5.72.